The lowest BCUT2D eigenvalue weighted by Crippen LogP contribution is -2.25. The van der Waals surface area contributed by atoms with Gasteiger partial charge in [-0.25, -0.2) is 0 Å². The molecule has 3 atom stereocenters. The molecule has 0 spiro atoms. The SMILES string of the molecule is CCCC1CCC(Br)C(CCSCC)C1. The molecule has 0 aromatic carbocycles. The van der Waals surface area contributed by atoms with Crippen LogP contribution in [0.4, 0.5) is 0 Å². The minimum atomic E-state index is 0.808. The molecule has 0 aliphatic heterocycles. The number of halogens is 1. The molecular weight excluding hydrogens is 268 g/mol. The lowest BCUT2D eigenvalue weighted by molar-refractivity contribution is 0.260. The van der Waals surface area contributed by atoms with Gasteiger partial charge in [-0.2, -0.15) is 11.8 Å². The Kier molecular flexibility index (Phi) is 7.41. The van der Waals surface area contributed by atoms with Crippen molar-refractivity contribution in [1.29, 1.82) is 0 Å². The van der Waals surface area contributed by atoms with E-state index in [9.17, 15) is 0 Å². The summed E-state index contributed by atoms with van der Waals surface area (Å²) in [6, 6.07) is 0. The first-order valence-electron chi connectivity index (χ1n) is 6.49. The molecule has 0 amide bonds. The highest BCUT2D eigenvalue weighted by Crippen LogP contribution is 2.38. The summed E-state index contributed by atoms with van der Waals surface area (Å²) in [6.45, 7) is 4.58. The van der Waals surface area contributed by atoms with Gasteiger partial charge in [-0.1, -0.05) is 42.6 Å². The van der Waals surface area contributed by atoms with Crippen molar-refractivity contribution in [1.82, 2.24) is 0 Å². The first-order chi connectivity index (χ1) is 7.27. The highest BCUT2D eigenvalue weighted by Gasteiger charge is 2.27. The van der Waals surface area contributed by atoms with E-state index < -0.39 is 0 Å². The van der Waals surface area contributed by atoms with E-state index in [-0.39, 0.29) is 0 Å². The van der Waals surface area contributed by atoms with Crippen LogP contribution in [0.25, 0.3) is 0 Å². The van der Waals surface area contributed by atoms with Gasteiger partial charge < -0.3 is 0 Å². The molecule has 90 valence electrons. The highest BCUT2D eigenvalue weighted by molar-refractivity contribution is 9.09. The fourth-order valence-electron chi connectivity index (χ4n) is 2.67. The van der Waals surface area contributed by atoms with Crippen LogP contribution in [-0.4, -0.2) is 16.3 Å². The maximum atomic E-state index is 3.88. The summed E-state index contributed by atoms with van der Waals surface area (Å²) in [5.41, 5.74) is 0. The molecule has 0 radical (unpaired) electrons. The van der Waals surface area contributed by atoms with Gasteiger partial charge in [0.05, 0.1) is 0 Å². The van der Waals surface area contributed by atoms with E-state index in [1.54, 1.807) is 0 Å². The van der Waals surface area contributed by atoms with Crippen molar-refractivity contribution in [3.8, 4) is 0 Å². The molecule has 1 rings (SSSR count). The molecule has 1 fully saturated rings. The summed E-state index contributed by atoms with van der Waals surface area (Å²) in [6.07, 6.45) is 8.60. The molecule has 15 heavy (non-hydrogen) atoms. The lowest BCUT2D eigenvalue weighted by Gasteiger charge is -2.33. The zero-order valence-electron chi connectivity index (χ0n) is 10.2. The van der Waals surface area contributed by atoms with Crippen molar-refractivity contribution in [2.75, 3.05) is 11.5 Å². The Hall–Kier alpha value is 0.830. The minimum Gasteiger partial charge on any atom is -0.162 e. The first-order valence-corrected chi connectivity index (χ1v) is 8.56. The molecule has 1 saturated carbocycles. The van der Waals surface area contributed by atoms with Gasteiger partial charge >= 0.3 is 0 Å². The predicted molar refractivity (Wildman–Crippen MR) is 76.1 cm³/mol. The van der Waals surface area contributed by atoms with Crippen LogP contribution in [0.3, 0.4) is 0 Å². The van der Waals surface area contributed by atoms with Crippen LogP contribution < -0.4 is 0 Å². The molecule has 0 nitrogen and oxygen atoms in total. The van der Waals surface area contributed by atoms with E-state index in [0.29, 0.717) is 0 Å². The first kappa shape index (κ1) is 13.9. The second-order valence-electron chi connectivity index (χ2n) is 4.73. The Morgan fingerprint density at radius 1 is 1.20 bits per heavy atom. The van der Waals surface area contributed by atoms with Gasteiger partial charge in [0, 0.05) is 4.83 Å². The van der Waals surface area contributed by atoms with Crippen molar-refractivity contribution in [2.24, 2.45) is 11.8 Å². The van der Waals surface area contributed by atoms with E-state index >= 15 is 0 Å². The molecule has 0 aromatic rings. The van der Waals surface area contributed by atoms with Crippen molar-refractivity contribution in [2.45, 2.75) is 57.2 Å². The second kappa shape index (κ2) is 8.00. The van der Waals surface area contributed by atoms with Crippen LogP contribution in [-0.2, 0) is 0 Å². The number of thioether (sulfide) groups is 1. The molecule has 1 aliphatic rings. The third-order valence-electron chi connectivity index (χ3n) is 3.53. The zero-order chi connectivity index (χ0) is 11.1. The standard InChI is InChI=1S/C13H25BrS/c1-3-5-11-6-7-13(14)12(10-11)8-9-15-4-2/h11-13H,3-10H2,1-2H3. The summed E-state index contributed by atoms with van der Waals surface area (Å²) in [5, 5.41) is 0. The Balaban J connectivity index is 2.26. The van der Waals surface area contributed by atoms with Gasteiger partial charge in [0.1, 0.15) is 0 Å². The van der Waals surface area contributed by atoms with Crippen LogP contribution >= 0.6 is 27.7 Å². The quantitative estimate of drug-likeness (QED) is 0.484. The van der Waals surface area contributed by atoms with E-state index in [4.69, 9.17) is 0 Å². The van der Waals surface area contributed by atoms with Crippen molar-refractivity contribution in [3.63, 3.8) is 0 Å². The van der Waals surface area contributed by atoms with Gasteiger partial charge in [0.15, 0.2) is 0 Å². The monoisotopic (exact) mass is 292 g/mol. The van der Waals surface area contributed by atoms with Crippen molar-refractivity contribution in [3.05, 3.63) is 0 Å². The molecule has 0 heterocycles. The largest absolute Gasteiger partial charge is 0.162 e. The Morgan fingerprint density at radius 2 is 2.00 bits per heavy atom. The van der Waals surface area contributed by atoms with Crippen LogP contribution in [0, 0.1) is 11.8 Å². The molecular formula is C13H25BrS. The molecule has 2 heteroatoms. The molecule has 0 aromatic heterocycles. The third-order valence-corrected chi connectivity index (χ3v) is 5.67. The van der Waals surface area contributed by atoms with Crippen LogP contribution in [0.15, 0.2) is 0 Å². The minimum absolute atomic E-state index is 0.808. The number of hydrogen-bond donors (Lipinski definition) is 0. The van der Waals surface area contributed by atoms with E-state index in [1.165, 1.54) is 50.0 Å². The third kappa shape index (κ3) is 5.12. The van der Waals surface area contributed by atoms with Gasteiger partial charge in [-0.05, 0) is 49.0 Å². The average Bonchev–Trinajstić information content (AvgIpc) is 2.23. The van der Waals surface area contributed by atoms with Gasteiger partial charge in [-0.3, -0.25) is 0 Å². The summed E-state index contributed by atoms with van der Waals surface area (Å²) in [5.74, 6) is 4.62. The maximum absolute atomic E-state index is 3.88. The normalized spacial score (nSPS) is 31.8. The number of rotatable bonds is 6. The summed E-state index contributed by atoms with van der Waals surface area (Å²) < 4.78 is 0. The van der Waals surface area contributed by atoms with Crippen molar-refractivity contribution < 1.29 is 0 Å². The van der Waals surface area contributed by atoms with Gasteiger partial charge in [-0.15, -0.1) is 0 Å². The van der Waals surface area contributed by atoms with E-state index in [2.05, 4.69) is 41.5 Å². The zero-order valence-corrected chi connectivity index (χ0v) is 12.6. The molecule has 1 aliphatic carbocycles. The molecule has 3 unspecified atom stereocenters. The average molecular weight is 293 g/mol. The molecule has 0 bridgehead atoms. The fraction of sp³-hybridized carbons (Fsp3) is 1.00. The Bertz CT molecular complexity index is 161. The van der Waals surface area contributed by atoms with Crippen LogP contribution in [0.5, 0.6) is 0 Å². The summed E-state index contributed by atoms with van der Waals surface area (Å²) >= 11 is 5.97. The fourth-order valence-corrected chi connectivity index (χ4v) is 4.18. The van der Waals surface area contributed by atoms with Gasteiger partial charge in [0.2, 0.25) is 0 Å². The number of alkyl halides is 1. The molecule has 0 N–H and O–H groups in total. The van der Waals surface area contributed by atoms with Crippen molar-refractivity contribution >= 4 is 27.7 Å². The summed E-state index contributed by atoms with van der Waals surface area (Å²) in [4.78, 5) is 0.808. The Labute approximate surface area is 108 Å². The Morgan fingerprint density at radius 3 is 2.67 bits per heavy atom. The smallest absolute Gasteiger partial charge is 0.0174 e. The van der Waals surface area contributed by atoms with Gasteiger partial charge in [0.25, 0.3) is 0 Å². The second-order valence-corrected chi connectivity index (χ2v) is 7.30. The van der Waals surface area contributed by atoms with E-state index in [1.807, 2.05) is 0 Å². The highest BCUT2D eigenvalue weighted by atomic mass is 79.9. The van der Waals surface area contributed by atoms with Crippen LogP contribution in [0.1, 0.15) is 52.4 Å². The van der Waals surface area contributed by atoms with Crippen LogP contribution in [0.2, 0.25) is 0 Å². The number of hydrogen-bond acceptors (Lipinski definition) is 1. The van der Waals surface area contributed by atoms with E-state index in [0.717, 1.165) is 16.7 Å². The maximum Gasteiger partial charge on any atom is 0.0174 e. The predicted octanol–water partition coefficient (Wildman–Crippen LogP) is 5.11. The lowest BCUT2D eigenvalue weighted by atomic mass is 9.78. The topological polar surface area (TPSA) is 0 Å². The summed E-state index contributed by atoms with van der Waals surface area (Å²) in [7, 11) is 0. The molecule has 0 saturated heterocycles.